The van der Waals surface area contributed by atoms with E-state index in [1.165, 1.54) is 5.56 Å². The Morgan fingerprint density at radius 1 is 1.05 bits per heavy atom. The molecule has 0 radical (unpaired) electrons. The highest BCUT2D eigenvalue weighted by atomic mass is 79.9. The first-order valence-corrected chi connectivity index (χ1v) is 7.27. The summed E-state index contributed by atoms with van der Waals surface area (Å²) in [5.74, 6) is 0.370. The summed E-state index contributed by atoms with van der Waals surface area (Å²) in [5, 5.41) is 3.51. The third kappa shape index (κ3) is 3.82. The number of nitrogens with two attached hydrogens (primary N) is 1. The predicted molar refractivity (Wildman–Crippen MR) is 85.5 cm³/mol. The van der Waals surface area contributed by atoms with Crippen molar-refractivity contribution in [2.24, 2.45) is 5.73 Å². The van der Waals surface area contributed by atoms with E-state index in [0.717, 1.165) is 10.2 Å². The molecule has 2 atom stereocenters. The van der Waals surface area contributed by atoms with E-state index in [1.807, 2.05) is 18.2 Å². The fourth-order valence-corrected chi connectivity index (χ4v) is 2.40. The van der Waals surface area contributed by atoms with Crippen LogP contribution < -0.4 is 11.1 Å². The van der Waals surface area contributed by atoms with Crippen molar-refractivity contribution in [1.29, 1.82) is 0 Å². The van der Waals surface area contributed by atoms with Crippen LogP contribution in [0.25, 0.3) is 0 Å². The molecule has 0 amide bonds. The summed E-state index contributed by atoms with van der Waals surface area (Å²) in [5.41, 5.74) is 8.32. The van der Waals surface area contributed by atoms with Crippen LogP contribution in [0.5, 0.6) is 0 Å². The van der Waals surface area contributed by atoms with E-state index < -0.39 is 0 Å². The summed E-state index contributed by atoms with van der Waals surface area (Å²) in [6.07, 6.45) is 0. The molecule has 0 fully saturated rings. The van der Waals surface area contributed by atoms with Gasteiger partial charge in [-0.05, 0) is 29.8 Å². The van der Waals surface area contributed by atoms with Gasteiger partial charge in [0.25, 0.3) is 0 Å². The summed E-state index contributed by atoms with van der Waals surface area (Å²) in [6, 6.07) is 18.9. The molecule has 0 bridgehead atoms. The molecule has 3 N–H and O–H groups in total. The molecule has 2 rings (SSSR count). The first kappa shape index (κ1) is 14.1. The van der Waals surface area contributed by atoms with E-state index in [0.29, 0.717) is 12.5 Å². The molecule has 0 aliphatic heterocycles. The van der Waals surface area contributed by atoms with Crippen LogP contribution in [-0.4, -0.2) is 12.6 Å². The fourth-order valence-electron chi connectivity index (χ4n) is 2.14. The highest BCUT2D eigenvalue weighted by Crippen LogP contribution is 2.22. The van der Waals surface area contributed by atoms with E-state index >= 15 is 0 Å². The van der Waals surface area contributed by atoms with Crippen molar-refractivity contribution >= 4 is 21.6 Å². The summed E-state index contributed by atoms with van der Waals surface area (Å²) < 4.78 is 1.08. The minimum Gasteiger partial charge on any atom is -0.380 e. The van der Waals surface area contributed by atoms with Gasteiger partial charge in [0.2, 0.25) is 0 Å². The van der Waals surface area contributed by atoms with Gasteiger partial charge in [0.15, 0.2) is 0 Å². The van der Waals surface area contributed by atoms with E-state index in [2.05, 4.69) is 64.6 Å². The molecule has 3 heteroatoms. The molecule has 0 saturated heterocycles. The Kier molecular flexibility index (Phi) is 5.00. The summed E-state index contributed by atoms with van der Waals surface area (Å²) >= 11 is 3.44. The van der Waals surface area contributed by atoms with Crippen molar-refractivity contribution in [3.05, 3.63) is 64.6 Å². The van der Waals surface area contributed by atoms with Crippen LogP contribution >= 0.6 is 15.9 Å². The molecule has 0 aliphatic rings. The van der Waals surface area contributed by atoms with Gasteiger partial charge in [0.1, 0.15) is 0 Å². The molecule has 2 aromatic carbocycles. The normalized spacial score (nSPS) is 13.8. The second-order valence-corrected chi connectivity index (χ2v) is 5.61. The first-order chi connectivity index (χ1) is 9.20. The van der Waals surface area contributed by atoms with Crippen LogP contribution in [0.2, 0.25) is 0 Å². The van der Waals surface area contributed by atoms with Gasteiger partial charge in [-0.15, -0.1) is 0 Å². The maximum absolute atomic E-state index is 5.92. The van der Waals surface area contributed by atoms with Crippen LogP contribution in [0.3, 0.4) is 0 Å². The standard InChI is InChI=1S/C16H19BrN2/c1-12(13-5-3-2-4-6-13)16(11-18)19-15-9-7-14(17)8-10-15/h2-10,12,16,19H,11,18H2,1H3. The first-order valence-electron chi connectivity index (χ1n) is 6.48. The van der Waals surface area contributed by atoms with Crippen LogP contribution in [0.1, 0.15) is 18.4 Å². The number of rotatable bonds is 5. The smallest absolute Gasteiger partial charge is 0.0449 e. The molecule has 19 heavy (non-hydrogen) atoms. The zero-order valence-electron chi connectivity index (χ0n) is 11.0. The minimum atomic E-state index is 0.226. The number of hydrogen-bond donors (Lipinski definition) is 2. The van der Waals surface area contributed by atoms with Crippen LogP contribution in [-0.2, 0) is 0 Å². The van der Waals surface area contributed by atoms with Gasteiger partial charge < -0.3 is 11.1 Å². The molecule has 100 valence electrons. The zero-order chi connectivity index (χ0) is 13.7. The largest absolute Gasteiger partial charge is 0.380 e. The third-order valence-electron chi connectivity index (χ3n) is 3.38. The molecular formula is C16H19BrN2. The quantitative estimate of drug-likeness (QED) is 0.874. The Bertz CT molecular complexity index is 496. The molecule has 0 spiro atoms. The van der Waals surface area contributed by atoms with Crippen molar-refractivity contribution in [2.45, 2.75) is 18.9 Å². The molecular weight excluding hydrogens is 300 g/mol. The van der Waals surface area contributed by atoms with Crippen molar-refractivity contribution < 1.29 is 0 Å². The number of hydrogen-bond acceptors (Lipinski definition) is 2. The molecule has 2 aromatic rings. The Hall–Kier alpha value is -1.32. The lowest BCUT2D eigenvalue weighted by atomic mass is 9.93. The van der Waals surface area contributed by atoms with Gasteiger partial charge in [0.05, 0.1) is 0 Å². The Morgan fingerprint density at radius 2 is 1.68 bits per heavy atom. The fraction of sp³-hybridized carbons (Fsp3) is 0.250. The van der Waals surface area contributed by atoms with Crippen LogP contribution in [0, 0.1) is 0 Å². The predicted octanol–water partition coefficient (Wildman–Crippen LogP) is 3.99. The number of anilines is 1. The monoisotopic (exact) mass is 318 g/mol. The van der Waals surface area contributed by atoms with Crippen molar-refractivity contribution in [3.63, 3.8) is 0 Å². The molecule has 0 aliphatic carbocycles. The summed E-state index contributed by atoms with van der Waals surface area (Å²) in [6.45, 7) is 2.81. The van der Waals surface area contributed by atoms with Crippen molar-refractivity contribution in [2.75, 3.05) is 11.9 Å². The van der Waals surface area contributed by atoms with Gasteiger partial charge in [-0.1, -0.05) is 53.2 Å². The van der Waals surface area contributed by atoms with Crippen LogP contribution in [0.4, 0.5) is 5.69 Å². The molecule has 0 saturated carbocycles. The lowest BCUT2D eigenvalue weighted by molar-refractivity contribution is 0.611. The van der Waals surface area contributed by atoms with Gasteiger partial charge in [-0.2, -0.15) is 0 Å². The third-order valence-corrected chi connectivity index (χ3v) is 3.91. The SMILES string of the molecule is CC(c1ccccc1)C(CN)Nc1ccc(Br)cc1. The van der Waals surface area contributed by atoms with Crippen molar-refractivity contribution in [3.8, 4) is 0 Å². The Morgan fingerprint density at radius 3 is 2.26 bits per heavy atom. The topological polar surface area (TPSA) is 38.0 Å². The van der Waals surface area contributed by atoms with Gasteiger partial charge >= 0.3 is 0 Å². The lowest BCUT2D eigenvalue weighted by Crippen LogP contribution is -2.33. The number of benzene rings is 2. The van der Waals surface area contributed by atoms with E-state index in [9.17, 15) is 0 Å². The van der Waals surface area contributed by atoms with E-state index in [1.54, 1.807) is 0 Å². The molecule has 2 unspecified atom stereocenters. The van der Waals surface area contributed by atoms with Crippen molar-refractivity contribution in [1.82, 2.24) is 0 Å². The average Bonchev–Trinajstić information content (AvgIpc) is 2.47. The van der Waals surface area contributed by atoms with Gasteiger partial charge in [0, 0.05) is 28.7 Å². The Balaban J connectivity index is 2.10. The highest BCUT2D eigenvalue weighted by Gasteiger charge is 2.17. The molecule has 0 heterocycles. The van der Waals surface area contributed by atoms with E-state index in [-0.39, 0.29) is 6.04 Å². The number of nitrogens with one attached hydrogen (secondary N) is 1. The number of halogens is 1. The summed E-state index contributed by atoms with van der Waals surface area (Å²) in [7, 11) is 0. The maximum atomic E-state index is 5.92. The minimum absolute atomic E-state index is 0.226. The molecule has 2 nitrogen and oxygen atoms in total. The van der Waals surface area contributed by atoms with Crippen LogP contribution in [0.15, 0.2) is 59.1 Å². The molecule has 0 aromatic heterocycles. The van der Waals surface area contributed by atoms with E-state index in [4.69, 9.17) is 5.73 Å². The maximum Gasteiger partial charge on any atom is 0.0449 e. The average molecular weight is 319 g/mol. The second kappa shape index (κ2) is 6.73. The zero-order valence-corrected chi connectivity index (χ0v) is 12.6. The highest BCUT2D eigenvalue weighted by molar-refractivity contribution is 9.10. The van der Waals surface area contributed by atoms with Gasteiger partial charge in [-0.3, -0.25) is 0 Å². The second-order valence-electron chi connectivity index (χ2n) is 4.69. The van der Waals surface area contributed by atoms with Gasteiger partial charge in [-0.25, -0.2) is 0 Å². The summed E-state index contributed by atoms with van der Waals surface area (Å²) in [4.78, 5) is 0. The lowest BCUT2D eigenvalue weighted by Gasteiger charge is -2.25. The Labute approximate surface area is 123 Å².